The average molecular weight is 329 g/mol. The number of nitroso groups, excluding NO2 is 1. The molecule has 0 radical (unpaired) electrons. The van der Waals surface area contributed by atoms with E-state index < -0.39 is 11.1 Å². The highest BCUT2D eigenvalue weighted by atomic mass is 79.9. The monoisotopic (exact) mass is 327 g/mol. The van der Waals surface area contributed by atoms with Gasteiger partial charge in [-0.1, -0.05) is 0 Å². The van der Waals surface area contributed by atoms with Crippen molar-refractivity contribution in [3.8, 4) is 0 Å². The fourth-order valence-electron chi connectivity index (χ4n) is 0.730. The van der Waals surface area contributed by atoms with Gasteiger partial charge in [0, 0.05) is 8.95 Å². The molecule has 7 heteroatoms. The Morgan fingerprint density at radius 3 is 2.08 bits per heavy atom. The molecular weight excluding hydrogens is 326 g/mol. The number of rotatable bonds is 2. The third kappa shape index (κ3) is 2.43. The summed E-state index contributed by atoms with van der Waals surface area (Å²) in [7, 11) is 0. The number of halogens is 2. The normalized spacial score (nSPS) is 12.5. The van der Waals surface area contributed by atoms with E-state index in [1.54, 1.807) is 0 Å². The van der Waals surface area contributed by atoms with Crippen molar-refractivity contribution < 1.29 is 8.76 Å². The van der Waals surface area contributed by atoms with Gasteiger partial charge < -0.3 is 4.55 Å². The summed E-state index contributed by atoms with van der Waals surface area (Å²) < 4.78 is 20.2. The molecule has 0 spiro atoms. The average Bonchev–Trinajstić information content (AvgIpc) is 2.03. The first-order valence-corrected chi connectivity index (χ1v) is 5.68. The third-order valence-electron chi connectivity index (χ3n) is 1.28. The molecule has 1 unspecified atom stereocenters. The third-order valence-corrected chi connectivity index (χ3v) is 3.13. The summed E-state index contributed by atoms with van der Waals surface area (Å²) in [6.45, 7) is 0. The van der Waals surface area contributed by atoms with Gasteiger partial charge in [-0.3, -0.25) is 0 Å². The summed E-state index contributed by atoms with van der Waals surface area (Å²) in [6.07, 6.45) is 0. The minimum Gasteiger partial charge on any atom is -0.302 e. The van der Waals surface area contributed by atoms with Gasteiger partial charge >= 0.3 is 0 Å². The van der Waals surface area contributed by atoms with Crippen LogP contribution in [0.3, 0.4) is 0 Å². The highest BCUT2D eigenvalue weighted by molar-refractivity contribution is 9.11. The van der Waals surface area contributed by atoms with Crippen molar-refractivity contribution in [2.45, 2.75) is 4.90 Å². The smallest absolute Gasteiger partial charge is 0.186 e. The summed E-state index contributed by atoms with van der Waals surface area (Å²) in [5.74, 6) is 0. The van der Waals surface area contributed by atoms with Gasteiger partial charge in [0.15, 0.2) is 11.1 Å². The lowest BCUT2D eigenvalue weighted by molar-refractivity contribution is 0.564. The molecule has 1 rings (SSSR count). The second-order valence-electron chi connectivity index (χ2n) is 2.08. The van der Waals surface area contributed by atoms with Crippen LogP contribution >= 0.6 is 31.9 Å². The zero-order valence-corrected chi connectivity index (χ0v) is 10.0. The van der Waals surface area contributed by atoms with E-state index in [0.717, 1.165) is 0 Å². The van der Waals surface area contributed by atoms with Crippen LogP contribution in [0.1, 0.15) is 0 Å². The van der Waals surface area contributed by atoms with Gasteiger partial charge in [0.25, 0.3) is 0 Å². The molecule has 0 saturated heterocycles. The molecule has 1 aromatic carbocycles. The second-order valence-corrected chi connectivity index (χ2v) is 4.75. The van der Waals surface area contributed by atoms with Crippen LogP contribution in [0.25, 0.3) is 0 Å². The van der Waals surface area contributed by atoms with E-state index in [1.807, 2.05) is 0 Å². The standard InChI is InChI=1S/C6H3Br2NO3S/c7-4-1-3(13(11)12)2-5(8)6(4)9-10/h1-2H,(H,11,12). The van der Waals surface area contributed by atoms with Gasteiger partial charge in [0.2, 0.25) is 0 Å². The van der Waals surface area contributed by atoms with Crippen LogP contribution in [-0.2, 0) is 11.1 Å². The molecule has 0 fully saturated rings. The molecule has 13 heavy (non-hydrogen) atoms. The maximum Gasteiger partial charge on any atom is 0.186 e. The highest BCUT2D eigenvalue weighted by Crippen LogP contribution is 2.35. The Morgan fingerprint density at radius 1 is 1.31 bits per heavy atom. The minimum absolute atomic E-state index is 0.175. The van der Waals surface area contributed by atoms with Crippen molar-refractivity contribution in [3.05, 3.63) is 26.0 Å². The molecule has 0 bridgehead atoms. The van der Waals surface area contributed by atoms with Gasteiger partial charge in [-0.15, -0.1) is 4.91 Å². The van der Waals surface area contributed by atoms with Crippen LogP contribution in [0.15, 0.2) is 31.2 Å². The SMILES string of the molecule is O=Nc1c(Br)cc(S(=O)O)cc1Br. The number of hydrogen-bond donors (Lipinski definition) is 1. The molecule has 0 aromatic heterocycles. The van der Waals surface area contributed by atoms with E-state index in [0.29, 0.717) is 8.95 Å². The lowest BCUT2D eigenvalue weighted by atomic mass is 10.3. The van der Waals surface area contributed by atoms with Gasteiger partial charge in [-0.25, -0.2) is 4.21 Å². The Bertz CT molecular complexity index is 359. The molecule has 0 saturated carbocycles. The first-order valence-electron chi connectivity index (χ1n) is 2.99. The molecule has 1 N–H and O–H groups in total. The lowest BCUT2D eigenvalue weighted by Crippen LogP contribution is -1.88. The Hall–Kier alpha value is -0.110. The van der Waals surface area contributed by atoms with E-state index in [9.17, 15) is 9.12 Å². The first-order chi connectivity index (χ1) is 6.06. The summed E-state index contributed by atoms with van der Waals surface area (Å²) in [5.41, 5.74) is 0.175. The van der Waals surface area contributed by atoms with Crippen molar-refractivity contribution in [2.75, 3.05) is 0 Å². The largest absolute Gasteiger partial charge is 0.302 e. The molecule has 0 heterocycles. The quantitative estimate of drug-likeness (QED) is 0.669. The Kier molecular flexibility index (Phi) is 3.72. The maximum absolute atomic E-state index is 10.7. The van der Waals surface area contributed by atoms with Crippen molar-refractivity contribution >= 4 is 48.6 Å². The Labute approximate surface area is 93.2 Å². The highest BCUT2D eigenvalue weighted by Gasteiger charge is 2.10. The van der Waals surface area contributed by atoms with E-state index in [-0.39, 0.29) is 10.6 Å². The fraction of sp³-hybridized carbons (Fsp3) is 0. The summed E-state index contributed by atoms with van der Waals surface area (Å²) in [4.78, 5) is 10.5. The predicted molar refractivity (Wildman–Crippen MR) is 56.3 cm³/mol. The van der Waals surface area contributed by atoms with E-state index in [1.165, 1.54) is 12.1 Å². The van der Waals surface area contributed by atoms with Crippen molar-refractivity contribution in [1.82, 2.24) is 0 Å². The first kappa shape index (κ1) is 11.0. The minimum atomic E-state index is -2.06. The van der Waals surface area contributed by atoms with Gasteiger partial charge in [-0.2, -0.15) is 0 Å². The van der Waals surface area contributed by atoms with Crippen LogP contribution < -0.4 is 0 Å². The van der Waals surface area contributed by atoms with Gasteiger partial charge in [0.1, 0.15) is 5.69 Å². The lowest BCUT2D eigenvalue weighted by Gasteiger charge is -2.00. The van der Waals surface area contributed by atoms with Crippen LogP contribution in [0.2, 0.25) is 0 Å². The number of nitrogens with zero attached hydrogens (tertiary/aromatic N) is 1. The zero-order chi connectivity index (χ0) is 10.0. The zero-order valence-electron chi connectivity index (χ0n) is 6.03. The Morgan fingerprint density at radius 2 is 1.77 bits per heavy atom. The molecule has 1 atom stereocenters. The Balaban J connectivity index is 3.36. The molecule has 0 amide bonds. The molecule has 0 aliphatic heterocycles. The molecule has 1 aromatic rings. The van der Waals surface area contributed by atoms with Crippen LogP contribution in [0.4, 0.5) is 5.69 Å². The summed E-state index contributed by atoms with van der Waals surface area (Å²) >= 11 is 4.05. The van der Waals surface area contributed by atoms with Crippen molar-refractivity contribution in [3.63, 3.8) is 0 Å². The molecular formula is C6H3Br2NO3S. The van der Waals surface area contributed by atoms with Gasteiger partial charge in [-0.05, 0) is 49.2 Å². The molecule has 0 aliphatic rings. The van der Waals surface area contributed by atoms with E-state index in [4.69, 9.17) is 4.55 Å². The molecule has 70 valence electrons. The van der Waals surface area contributed by atoms with Crippen LogP contribution in [0, 0.1) is 4.91 Å². The number of hydrogen-bond acceptors (Lipinski definition) is 3. The van der Waals surface area contributed by atoms with Crippen LogP contribution in [0.5, 0.6) is 0 Å². The molecule has 4 nitrogen and oxygen atoms in total. The van der Waals surface area contributed by atoms with Crippen molar-refractivity contribution in [1.29, 1.82) is 0 Å². The van der Waals surface area contributed by atoms with E-state index >= 15 is 0 Å². The maximum atomic E-state index is 10.7. The number of benzene rings is 1. The van der Waals surface area contributed by atoms with E-state index in [2.05, 4.69) is 37.0 Å². The molecule has 0 aliphatic carbocycles. The second kappa shape index (κ2) is 4.41. The predicted octanol–water partition coefficient (Wildman–Crippen LogP) is 3.19. The van der Waals surface area contributed by atoms with Crippen molar-refractivity contribution in [2.24, 2.45) is 5.18 Å². The topological polar surface area (TPSA) is 66.7 Å². The fourth-order valence-corrected chi connectivity index (χ4v) is 2.80. The van der Waals surface area contributed by atoms with Gasteiger partial charge in [0.05, 0.1) is 4.90 Å². The van der Waals surface area contributed by atoms with Crippen LogP contribution in [-0.4, -0.2) is 8.76 Å². The summed E-state index contributed by atoms with van der Waals surface area (Å²) in [5, 5.41) is 2.75. The summed E-state index contributed by atoms with van der Waals surface area (Å²) in [6, 6.07) is 2.75.